The number of alkyl halides is 3. The molecule has 0 unspecified atom stereocenters. The van der Waals surface area contributed by atoms with E-state index >= 15 is 0 Å². The SMILES string of the molecule is FC(F)(F)c1cc(Cl)cc(Nc2ncc(Cc3ccncc3)c3ccccc23)c1. The molecule has 0 aliphatic carbocycles. The summed E-state index contributed by atoms with van der Waals surface area (Å²) in [5.74, 6) is 0.467. The molecule has 0 saturated carbocycles. The molecular formula is C22H15ClF3N3. The van der Waals surface area contributed by atoms with Gasteiger partial charge in [-0.25, -0.2) is 4.98 Å². The van der Waals surface area contributed by atoms with Crippen LogP contribution in [0.25, 0.3) is 10.8 Å². The van der Waals surface area contributed by atoms with Crippen LogP contribution >= 0.6 is 11.6 Å². The van der Waals surface area contributed by atoms with Crippen LogP contribution in [0.2, 0.25) is 5.02 Å². The number of fused-ring (bicyclic) bond motifs is 1. The van der Waals surface area contributed by atoms with Gasteiger partial charge in [0.05, 0.1) is 5.56 Å². The van der Waals surface area contributed by atoms with Crippen LogP contribution in [0.15, 0.2) is 73.2 Å². The minimum atomic E-state index is -4.48. The Kier molecular flexibility index (Phi) is 5.11. The number of anilines is 2. The topological polar surface area (TPSA) is 37.8 Å². The minimum absolute atomic E-state index is 0.000868. The average molecular weight is 414 g/mol. The van der Waals surface area contributed by atoms with Gasteiger partial charge in [-0.1, -0.05) is 35.9 Å². The van der Waals surface area contributed by atoms with Crippen LogP contribution in [0, 0.1) is 0 Å². The Balaban J connectivity index is 1.73. The second-order valence-electron chi connectivity index (χ2n) is 6.56. The largest absolute Gasteiger partial charge is 0.416 e. The lowest BCUT2D eigenvalue weighted by Crippen LogP contribution is -2.06. The molecule has 2 heterocycles. The van der Waals surface area contributed by atoms with E-state index in [4.69, 9.17) is 11.6 Å². The number of rotatable bonds is 4. The quantitative estimate of drug-likeness (QED) is 0.407. The molecule has 146 valence electrons. The van der Waals surface area contributed by atoms with Crippen LogP contribution in [-0.4, -0.2) is 9.97 Å². The van der Waals surface area contributed by atoms with E-state index in [1.165, 1.54) is 6.07 Å². The lowest BCUT2D eigenvalue weighted by Gasteiger charge is -2.14. The zero-order chi connectivity index (χ0) is 20.4. The molecule has 0 spiro atoms. The molecule has 0 radical (unpaired) electrons. The van der Waals surface area contributed by atoms with Crippen LogP contribution in [0.1, 0.15) is 16.7 Å². The average Bonchev–Trinajstić information content (AvgIpc) is 2.70. The highest BCUT2D eigenvalue weighted by Crippen LogP contribution is 2.35. The smallest absolute Gasteiger partial charge is 0.340 e. The Morgan fingerprint density at radius 3 is 2.38 bits per heavy atom. The molecule has 4 rings (SSSR count). The van der Waals surface area contributed by atoms with Crippen LogP contribution < -0.4 is 5.32 Å². The standard InChI is InChI=1S/C22H15ClF3N3/c23-17-10-16(22(24,25)26)11-18(12-17)29-21-20-4-2-1-3-19(20)15(13-28-21)9-14-5-7-27-8-6-14/h1-8,10-13H,9H2,(H,28,29). The first-order valence-corrected chi connectivity index (χ1v) is 9.18. The molecule has 0 atom stereocenters. The van der Waals surface area contributed by atoms with Gasteiger partial charge in [0.25, 0.3) is 0 Å². The van der Waals surface area contributed by atoms with E-state index in [0.29, 0.717) is 12.2 Å². The third kappa shape index (κ3) is 4.32. The fourth-order valence-corrected chi connectivity index (χ4v) is 3.41. The predicted octanol–water partition coefficient (Wildman–Crippen LogP) is 6.64. The van der Waals surface area contributed by atoms with Crippen molar-refractivity contribution in [2.45, 2.75) is 12.6 Å². The summed E-state index contributed by atoms with van der Waals surface area (Å²) < 4.78 is 39.3. The van der Waals surface area contributed by atoms with Gasteiger partial charge in [0.15, 0.2) is 0 Å². The van der Waals surface area contributed by atoms with Crippen molar-refractivity contribution in [3.05, 3.63) is 94.9 Å². The molecule has 0 bridgehead atoms. The number of nitrogens with one attached hydrogen (secondary N) is 1. The first-order chi connectivity index (χ1) is 13.9. The molecule has 2 aromatic carbocycles. The lowest BCUT2D eigenvalue weighted by atomic mass is 10.0. The number of hydrogen-bond donors (Lipinski definition) is 1. The van der Waals surface area contributed by atoms with Crippen molar-refractivity contribution < 1.29 is 13.2 Å². The van der Waals surface area contributed by atoms with E-state index in [1.54, 1.807) is 18.6 Å². The van der Waals surface area contributed by atoms with E-state index in [-0.39, 0.29) is 10.7 Å². The second kappa shape index (κ2) is 7.72. The van der Waals surface area contributed by atoms with Gasteiger partial charge in [-0.05, 0) is 53.3 Å². The molecular weight excluding hydrogens is 399 g/mol. The Morgan fingerprint density at radius 2 is 1.66 bits per heavy atom. The van der Waals surface area contributed by atoms with Crippen molar-refractivity contribution in [2.24, 2.45) is 0 Å². The molecule has 0 fully saturated rings. The van der Waals surface area contributed by atoms with Crippen LogP contribution in [-0.2, 0) is 12.6 Å². The van der Waals surface area contributed by atoms with Crippen molar-refractivity contribution in [3.63, 3.8) is 0 Å². The molecule has 7 heteroatoms. The molecule has 2 aromatic heterocycles. The van der Waals surface area contributed by atoms with Crippen molar-refractivity contribution >= 4 is 33.9 Å². The Labute approximate surface area is 170 Å². The lowest BCUT2D eigenvalue weighted by molar-refractivity contribution is -0.137. The van der Waals surface area contributed by atoms with Crippen molar-refractivity contribution in [1.29, 1.82) is 0 Å². The molecule has 0 saturated heterocycles. The van der Waals surface area contributed by atoms with Crippen molar-refractivity contribution in [3.8, 4) is 0 Å². The normalized spacial score (nSPS) is 11.6. The molecule has 0 amide bonds. The van der Waals surface area contributed by atoms with Gasteiger partial charge in [0.1, 0.15) is 5.82 Å². The molecule has 0 aliphatic heterocycles. The summed E-state index contributed by atoms with van der Waals surface area (Å²) >= 11 is 5.89. The highest BCUT2D eigenvalue weighted by atomic mass is 35.5. The first kappa shape index (κ1) is 19.2. The summed E-state index contributed by atoms with van der Waals surface area (Å²) in [6.45, 7) is 0. The van der Waals surface area contributed by atoms with E-state index in [2.05, 4.69) is 15.3 Å². The summed E-state index contributed by atoms with van der Waals surface area (Å²) in [7, 11) is 0. The van der Waals surface area contributed by atoms with Gasteiger partial charge < -0.3 is 5.32 Å². The highest BCUT2D eigenvalue weighted by molar-refractivity contribution is 6.31. The van der Waals surface area contributed by atoms with Gasteiger partial charge >= 0.3 is 6.18 Å². The van der Waals surface area contributed by atoms with Crippen LogP contribution in [0.4, 0.5) is 24.7 Å². The van der Waals surface area contributed by atoms with Gasteiger partial charge in [-0.15, -0.1) is 0 Å². The third-order valence-electron chi connectivity index (χ3n) is 4.51. The maximum Gasteiger partial charge on any atom is 0.416 e. The Morgan fingerprint density at radius 1 is 0.931 bits per heavy atom. The fourth-order valence-electron chi connectivity index (χ4n) is 3.17. The van der Waals surface area contributed by atoms with Gasteiger partial charge in [-0.2, -0.15) is 13.2 Å². The molecule has 29 heavy (non-hydrogen) atoms. The Bertz CT molecular complexity index is 1160. The number of halogens is 4. The number of pyridine rings is 2. The summed E-state index contributed by atoms with van der Waals surface area (Å²) in [4.78, 5) is 8.49. The van der Waals surface area contributed by atoms with Crippen LogP contribution in [0.3, 0.4) is 0 Å². The summed E-state index contributed by atoms with van der Waals surface area (Å²) in [6, 6.07) is 14.9. The summed E-state index contributed by atoms with van der Waals surface area (Å²) in [6.07, 6.45) is 1.40. The minimum Gasteiger partial charge on any atom is -0.340 e. The molecule has 4 aromatic rings. The second-order valence-corrected chi connectivity index (χ2v) is 7.00. The van der Waals surface area contributed by atoms with E-state index in [9.17, 15) is 13.2 Å². The molecule has 0 aliphatic rings. The number of benzene rings is 2. The third-order valence-corrected chi connectivity index (χ3v) is 4.73. The van der Waals surface area contributed by atoms with Gasteiger partial charge in [0, 0.05) is 34.7 Å². The first-order valence-electron chi connectivity index (χ1n) is 8.80. The maximum absolute atomic E-state index is 13.1. The molecule has 3 nitrogen and oxygen atoms in total. The fraction of sp³-hybridized carbons (Fsp3) is 0.0909. The number of aromatic nitrogens is 2. The maximum atomic E-state index is 13.1. The van der Waals surface area contributed by atoms with E-state index in [0.717, 1.165) is 34.0 Å². The molecule has 1 N–H and O–H groups in total. The summed E-state index contributed by atoms with van der Waals surface area (Å²) in [5, 5.41) is 4.77. The zero-order valence-corrected chi connectivity index (χ0v) is 15.8. The zero-order valence-electron chi connectivity index (χ0n) is 15.0. The van der Waals surface area contributed by atoms with Crippen molar-refractivity contribution in [1.82, 2.24) is 9.97 Å². The van der Waals surface area contributed by atoms with Crippen molar-refractivity contribution in [2.75, 3.05) is 5.32 Å². The predicted molar refractivity (Wildman–Crippen MR) is 109 cm³/mol. The number of nitrogens with zero attached hydrogens (tertiary/aromatic N) is 2. The Hall–Kier alpha value is -3.12. The summed E-state index contributed by atoms with van der Waals surface area (Å²) in [5.41, 5.74) is 1.52. The highest BCUT2D eigenvalue weighted by Gasteiger charge is 2.31. The van der Waals surface area contributed by atoms with E-state index in [1.807, 2.05) is 36.4 Å². The van der Waals surface area contributed by atoms with Gasteiger partial charge in [-0.3, -0.25) is 4.98 Å². The monoisotopic (exact) mass is 413 g/mol. The van der Waals surface area contributed by atoms with E-state index < -0.39 is 11.7 Å². The van der Waals surface area contributed by atoms with Gasteiger partial charge in [0.2, 0.25) is 0 Å². The van der Waals surface area contributed by atoms with Crippen LogP contribution in [0.5, 0.6) is 0 Å². The number of hydrogen-bond acceptors (Lipinski definition) is 3.